The molecule has 1 aromatic carbocycles. The maximum Gasteiger partial charge on any atom is 0.309 e. The van der Waals surface area contributed by atoms with Crippen LogP contribution in [0.3, 0.4) is 0 Å². The van der Waals surface area contributed by atoms with Crippen molar-refractivity contribution < 1.29 is 17.9 Å². The van der Waals surface area contributed by atoms with Gasteiger partial charge in [0.2, 0.25) is 10.0 Å². The van der Waals surface area contributed by atoms with Crippen molar-refractivity contribution in [3.8, 4) is 0 Å². The fraction of sp³-hybridized carbons (Fsp3) is 0.524. The molecule has 0 aliphatic carbocycles. The summed E-state index contributed by atoms with van der Waals surface area (Å²) in [5, 5.41) is 0. The Morgan fingerprint density at radius 3 is 2.55 bits per heavy atom. The molecule has 8 heteroatoms. The average Bonchev–Trinajstić information content (AvgIpc) is 3.19. The fourth-order valence-electron chi connectivity index (χ4n) is 3.39. The van der Waals surface area contributed by atoms with Gasteiger partial charge in [-0.15, -0.1) is 11.3 Å². The van der Waals surface area contributed by atoms with Gasteiger partial charge in [0.05, 0.1) is 21.2 Å². The van der Waals surface area contributed by atoms with E-state index in [1.54, 1.807) is 17.8 Å². The summed E-state index contributed by atoms with van der Waals surface area (Å²) in [5.74, 6) is -0.530. The number of carbonyl (C=O) groups is 1. The molecule has 1 aliphatic rings. The van der Waals surface area contributed by atoms with Crippen LogP contribution >= 0.6 is 11.3 Å². The third-order valence-electron chi connectivity index (χ3n) is 5.30. The molecular formula is C21H28N2O4S2. The number of hydrogen-bond donors (Lipinski definition) is 0. The molecule has 0 atom stereocenters. The summed E-state index contributed by atoms with van der Waals surface area (Å²) in [6.07, 6.45) is 2.62. The SMILES string of the molecule is Cc1ccc(C(C)(C)C)cc1S(=O)(=O)N1CCC(C(=O)OCc2cncs2)CC1. The van der Waals surface area contributed by atoms with Crippen LogP contribution in [0.25, 0.3) is 0 Å². The molecule has 0 N–H and O–H groups in total. The van der Waals surface area contributed by atoms with Gasteiger partial charge in [-0.2, -0.15) is 4.31 Å². The Labute approximate surface area is 177 Å². The second-order valence-corrected chi connectivity index (χ2v) is 11.4. The topological polar surface area (TPSA) is 76.6 Å². The van der Waals surface area contributed by atoms with Crippen LogP contribution in [0.4, 0.5) is 0 Å². The molecule has 6 nitrogen and oxygen atoms in total. The molecule has 0 saturated carbocycles. The van der Waals surface area contributed by atoms with Crippen LogP contribution in [-0.2, 0) is 31.6 Å². The van der Waals surface area contributed by atoms with Crippen molar-refractivity contribution >= 4 is 27.3 Å². The number of nitrogens with zero attached hydrogens (tertiary/aromatic N) is 2. The van der Waals surface area contributed by atoms with E-state index in [-0.39, 0.29) is 23.9 Å². The molecule has 29 heavy (non-hydrogen) atoms. The number of aromatic nitrogens is 1. The van der Waals surface area contributed by atoms with Crippen molar-refractivity contribution in [2.24, 2.45) is 5.92 Å². The Morgan fingerprint density at radius 1 is 1.28 bits per heavy atom. The van der Waals surface area contributed by atoms with Crippen molar-refractivity contribution in [1.82, 2.24) is 9.29 Å². The van der Waals surface area contributed by atoms with Crippen molar-refractivity contribution in [2.75, 3.05) is 13.1 Å². The number of ether oxygens (including phenoxy) is 1. The van der Waals surface area contributed by atoms with Crippen LogP contribution in [0.2, 0.25) is 0 Å². The quantitative estimate of drug-likeness (QED) is 0.665. The Hall–Kier alpha value is -1.77. The number of rotatable bonds is 5. The van der Waals surface area contributed by atoms with Crippen LogP contribution in [0, 0.1) is 12.8 Å². The molecule has 2 heterocycles. The molecule has 0 unspecified atom stereocenters. The first kappa shape index (κ1) is 21.9. The summed E-state index contributed by atoms with van der Waals surface area (Å²) in [6.45, 7) is 8.89. The normalized spacial score (nSPS) is 16.7. The summed E-state index contributed by atoms with van der Waals surface area (Å²) >= 11 is 1.44. The Bertz CT molecular complexity index is 955. The van der Waals surface area contributed by atoms with Crippen LogP contribution in [0.15, 0.2) is 34.8 Å². The number of hydrogen-bond acceptors (Lipinski definition) is 6. The highest BCUT2D eigenvalue weighted by Crippen LogP contribution is 2.30. The van der Waals surface area contributed by atoms with E-state index in [0.29, 0.717) is 30.8 Å². The first-order chi connectivity index (χ1) is 13.6. The lowest BCUT2D eigenvalue weighted by Crippen LogP contribution is -2.40. The van der Waals surface area contributed by atoms with Crippen LogP contribution in [0.5, 0.6) is 0 Å². The molecule has 158 valence electrons. The van der Waals surface area contributed by atoms with Crippen molar-refractivity contribution in [3.05, 3.63) is 45.9 Å². The average molecular weight is 437 g/mol. The Balaban J connectivity index is 1.66. The summed E-state index contributed by atoms with van der Waals surface area (Å²) in [7, 11) is -3.60. The van der Waals surface area contributed by atoms with E-state index in [1.807, 2.05) is 19.1 Å². The molecule has 0 bridgehead atoms. The van der Waals surface area contributed by atoms with Gasteiger partial charge in [0.15, 0.2) is 0 Å². The highest BCUT2D eigenvalue weighted by atomic mass is 32.2. The third-order valence-corrected chi connectivity index (χ3v) is 8.09. The summed E-state index contributed by atoms with van der Waals surface area (Å²) in [6, 6.07) is 5.65. The number of carbonyl (C=O) groups excluding carboxylic acids is 1. The lowest BCUT2D eigenvalue weighted by atomic mass is 9.87. The minimum Gasteiger partial charge on any atom is -0.460 e. The van der Waals surface area contributed by atoms with Crippen LogP contribution < -0.4 is 0 Å². The smallest absolute Gasteiger partial charge is 0.309 e. The highest BCUT2D eigenvalue weighted by Gasteiger charge is 2.34. The minimum atomic E-state index is -3.60. The first-order valence-electron chi connectivity index (χ1n) is 9.74. The predicted molar refractivity (Wildman–Crippen MR) is 113 cm³/mol. The van der Waals surface area contributed by atoms with Gasteiger partial charge in [0.25, 0.3) is 0 Å². The summed E-state index contributed by atoms with van der Waals surface area (Å²) in [5.41, 5.74) is 3.29. The number of aryl methyl sites for hydroxylation is 1. The van der Waals surface area contributed by atoms with Gasteiger partial charge in [0, 0.05) is 19.3 Å². The molecule has 1 aliphatic heterocycles. The molecule has 1 fully saturated rings. The first-order valence-corrected chi connectivity index (χ1v) is 12.1. The monoisotopic (exact) mass is 436 g/mol. The van der Waals surface area contributed by atoms with Gasteiger partial charge in [-0.1, -0.05) is 32.9 Å². The minimum absolute atomic E-state index is 0.132. The standard InChI is InChI=1S/C21H28N2O4S2/c1-15-5-6-17(21(2,3)4)11-19(15)29(25,26)23-9-7-16(8-10-23)20(24)27-13-18-12-22-14-28-18/h5-6,11-12,14,16H,7-10,13H2,1-4H3. The lowest BCUT2D eigenvalue weighted by molar-refractivity contribution is -0.151. The maximum atomic E-state index is 13.2. The number of thiazole rings is 1. The highest BCUT2D eigenvalue weighted by molar-refractivity contribution is 7.89. The number of benzene rings is 1. The molecule has 0 spiro atoms. The van der Waals surface area contributed by atoms with E-state index >= 15 is 0 Å². The molecule has 0 radical (unpaired) electrons. The van der Waals surface area contributed by atoms with Gasteiger partial charge in [-0.05, 0) is 42.4 Å². The fourth-order valence-corrected chi connectivity index (χ4v) is 5.62. The molecule has 1 aromatic heterocycles. The zero-order chi connectivity index (χ0) is 21.2. The van der Waals surface area contributed by atoms with E-state index in [1.165, 1.54) is 15.6 Å². The maximum absolute atomic E-state index is 13.2. The van der Waals surface area contributed by atoms with E-state index in [0.717, 1.165) is 16.0 Å². The number of esters is 1. The van der Waals surface area contributed by atoms with E-state index in [9.17, 15) is 13.2 Å². The number of piperidine rings is 1. The molecular weight excluding hydrogens is 408 g/mol. The zero-order valence-electron chi connectivity index (χ0n) is 17.3. The number of sulfonamides is 1. The van der Waals surface area contributed by atoms with Crippen molar-refractivity contribution in [2.45, 2.75) is 57.5 Å². The van der Waals surface area contributed by atoms with Crippen molar-refractivity contribution in [3.63, 3.8) is 0 Å². The summed E-state index contributed by atoms with van der Waals surface area (Å²) < 4.78 is 33.4. The van der Waals surface area contributed by atoms with E-state index in [4.69, 9.17) is 4.74 Å². The molecule has 0 amide bonds. The van der Waals surface area contributed by atoms with Gasteiger partial charge >= 0.3 is 5.97 Å². The van der Waals surface area contributed by atoms with Crippen LogP contribution in [-0.4, -0.2) is 36.8 Å². The largest absolute Gasteiger partial charge is 0.460 e. The van der Waals surface area contributed by atoms with Gasteiger partial charge in [-0.25, -0.2) is 8.42 Å². The Kier molecular flexibility index (Phi) is 6.45. The third kappa shape index (κ3) is 5.05. The van der Waals surface area contributed by atoms with E-state index in [2.05, 4.69) is 25.8 Å². The second kappa shape index (κ2) is 8.53. The summed E-state index contributed by atoms with van der Waals surface area (Å²) in [4.78, 5) is 17.5. The van der Waals surface area contributed by atoms with Crippen molar-refractivity contribution in [1.29, 1.82) is 0 Å². The molecule has 2 aromatic rings. The van der Waals surface area contributed by atoms with E-state index < -0.39 is 10.0 Å². The molecule has 3 rings (SSSR count). The second-order valence-electron chi connectivity index (χ2n) is 8.48. The Morgan fingerprint density at radius 2 is 1.97 bits per heavy atom. The molecule has 1 saturated heterocycles. The van der Waals surface area contributed by atoms with Gasteiger partial charge in [0.1, 0.15) is 6.61 Å². The van der Waals surface area contributed by atoms with Gasteiger partial charge < -0.3 is 4.74 Å². The predicted octanol–water partition coefficient (Wildman–Crippen LogP) is 3.89. The zero-order valence-corrected chi connectivity index (χ0v) is 19.0. The van der Waals surface area contributed by atoms with Gasteiger partial charge in [-0.3, -0.25) is 9.78 Å². The lowest BCUT2D eigenvalue weighted by Gasteiger charge is -2.31. The van der Waals surface area contributed by atoms with Crippen LogP contribution in [0.1, 0.15) is 49.6 Å².